The van der Waals surface area contributed by atoms with Gasteiger partial charge in [-0.1, -0.05) is 44.2 Å². The summed E-state index contributed by atoms with van der Waals surface area (Å²) >= 11 is 0. The highest BCUT2D eigenvalue weighted by molar-refractivity contribution is 5.95. The Kier molecular flexibility index (Phi) is 7.39. The molecule has 0 saturated heterocycles. The van der Waals surface area contributed by atoms with Crippen LogP contribution >= 0.6 is 12.4 Å². The van der Waals surface area contributed by atoms with E-state index in [0.29, 0.717) is 18.0 Å². The fraction of sp³-hybridized carbons (Fsp3) is 0.316. The molecule has 1 amide bonds. The Morgan fingerprint density at radius 2 is 1.71 bits per heavy atom. The Bertz CT molecular complexity index is 686. The molecule has 24 heavy (non-hydrogen) atoms. The Morgan fingerprint density at radius 3 is 2.29 bits per heavy atom. The van der Waals surface area contributed by atoms with E-state index in [9.17, 15) is 9.18 Å². The highest BCUT2D eigenvalue weighted by atomic mass is 35.5. The molecule has 0 fully saturated rings. The molecule has 130 valence electrons. The average Bonchev–Trinajstić information content (AvgIpc) is 2.54. The lowest BCUT2D eigenvalue weighted by atomic mass is 9.99. The van der Waals surface area contributed by atoms with Crippen molar-refractivity contribution < 1.29 is 9.18 Å². The molecular weight excluding hydrogens is 327 g/mol. The Labute approximate surface area is 148 Å². The van der Waals surface area contributed by atoms with E-state index in [1.165, 1.54) is 17.7 Å². The number of hydrogen-bond acceptors (Lipinski definition) is 2. The summed E-state index contributed by atoms with van der Waals surface area (Å²) in [6.45, 7) is 6.35. The van der Waals surface area contributed by atoms with Crippen molar-refractivity contribution in [2.24, 2.45) is 5.73 Å². The summed E-state index contributed by atoms with van der Waals surface area (Å²) in [5.41, 5.74) is 9.42. The van der Waals surface area contributed by atoms with Gasteiger partial charge in [0.25, 0.3) is 5.91 Å². The van der Waals surface area contributed by atoms with Crippen LogP contribution in [0.4, 0.5) is 4.39 Å². The van der Waals surface area contributed by atoms with Crippen molar-refractivity contribution in [2.45, 2.75) is 32.7 Å². The lowest BCUT2D eigenvalue weighted by molar-refractivity contribution is 0.0950. The van der Waals surface area contributed by atoms with Gasteiger partial charge in [-0.05, 0) is 41.7 Å². The molecule has 5 heteroatoms. The van der Waals surface area contributed by atoms with E-state index in [1.807, 2.05) is 12.1 Å². The fourth-order valence-electron chi connectivity index (χ4n) is 2.38. The average molecular weight is 351 g/mol. The first-order valence-electron chi connectivity index (χ1n) is 7.78. The van der Waals surface area contributed by atoms with Gasteiger partial charge in [-0.3, -0.25) is 4.79 Å². The maximum Gasteiger partial charge on any atom is 0.251 e. The van der Waals surface area contributed by atoms with E-state index in [1.54, 1.807) is 13.0 Å². The summed E-state index contributed by atoms with van der Waals surface area (Å²) in [4.78, 5) is 12.2. The third-order valence-corrected chi connectivity index (χ3v) is 3.96. The van der Waals surface area contributed by atoms with Crippen molar-refractivity contribution in [3.63, 3.8) is 0 Å². The number of rotatable bonds is 5. The van der Waals surface area contributed by atoms with Gasteiger partial charge in [0, 0.05) is 18.2 Å². The molecule has 2 aromatic carbocycles. The van der Waals surface area contributed by atoms with Crippen molar-refractivity contribution >= 4 is 18.3 Å². The Balaban J connectivity index is 0.00000288. The monoisotopic (exact) mass is 350 g/mol. The largest absolute Gasteiger partial charge is 0.350 e. The summed E-state index contributed by atoms with van der Waals surface area (Å²) in [5.74, 6) is -0.262. The molecular formula is C19H24ClFN2O. The number of carbonyl (C=O) groups is 1. The topological polar surface area (TPSA) is 55.1 Å². The zero-order valence-electron chi connectivity index (χ0n) is 14.2. The van der Waals surface area contributed by atoms with Gasteiger partial charge in [0.05, 0.1) is 0 Å². The van der Waals surface area contributed by atoms with Crippen molar-refractivity contribution in [1.29, 1.82) is 0 Å². The van der Waals surface area contributed by atoms with Gasteiger partial charge in [0.1, 0.15) is 5.82 Å². The predicted octanol–water partition coefficient (Wildman–Crippen LogP) is 4.11. The summed E-state index contributed by atoms with van der Waals surface area (Å²) in [6.07, 6.45) is 0. The van der Waals surface area contributed by atoms with Crippen LogP contribution in [0.3, 0.4) is 0 Å². The van der Waals surface area contributed by atoms with Gasteiger partial charge < -0.3 is 11.1 Å². The lowest BCUT2D eigenvalue weighted by Crippen LogP contribution is -2.32. The van der Waals surface area contributed by atoms with Crippen molar-refractivity contribution in [3.8, 4) is 0 Å². The molecule has 2 rings (SSSR count). The van der Waals surface area contributed by atoms with Gasteiger partial charge in [-0.15, -0.1) is 12.4 Å². The number of carbonyl (C=O) groups excluding carboxylic acids is 1. The molecule has 0 spiro atoms. The number of halogens is 2. The SMILES string of the molecule is Cc1ccc(F)cc1C(=O)NCC(N)c1ccc(C(C)C)cc1.Cl. The summed E-state index contributed by atoms with van der Waals surface area (Å²) in [7, 11) is 0. The Morgan fingerprint density at radius 1 is 1.12 bits per heavy atom. The molecule has 0 radical (unpaired) electrons. The number of benzene rings is 2. The normalized spacial score (nSPS) is 11.8. The van der Waals surface area contributed by atoms with E-state index in [4.69, 9.17) is 5.73 Å². The zero-order valence-corrected chi connectivity index (χ0v) is 15.0. The van der Waals surface area contributed by atoms with Crippen LogP contribution in [-0.2, 0) is 0 Å². The molecule has 3 nitrogen and oxygen atoms in total. The molecule has 0 aliphatic carbocycles. The first kappa shape index (κ1) is 20.1. The second-order valence-electron chi connectivity index (χ2n) is 6.10. The van der Waals surface area contributed by atoms with Crippen molar-refractivity contribution in [3.05, 3.63) is 70.5 Å². The van der Waals surface area contributed by atoms with Gasteiger partial charge in [0.2, 0.25) is 0 Å². The van der Waals surface area contributed by atoms with E-state index >= 15 is 0 Å². The second kappa shape index (κ2) is 8.81. The van der Waals surface area contributed by atoms with E-state index < -0.39 is 5.82 Å². The molecule has 2 aromatic rings. The molecule has 3 N–H and O–H groups in total. The van der Waals surface area contributed by atoms with Crippen LogP contribution in [0.1, 0.15) is 52.9 Å². The minimum absolute atomic E-state index is 0. The molecule has 0 heterocycles. The van der Waals surface area contributed by atoms with E-state index in [-0.39, 0.29) is 24.4 Å². The molecule has 1 atom stereocenters. The zero-order chi connectivity index (χ0) is 17.0. The highest BCUT2D eigenvalue weighted by Crippen LogP contribution is 2.17. The fourth-order valence-corrected chi connectivity index (χ4v) is 2.38. The molecule has 0 aliphatic heterocycles. The first-order chi connectivity index (χ1) is 10.9. The molecule has 0 aliphatic rings. The first-order valence-corrected chi connectivity index (χ1v) is 7.78. The molecule has 0 bridgehead atoms. The lowest BCUT2D eigenvalue weighted by Gasteiger charge is -2.15. The molecule has 0 aromatic heterocycles. The maximum atomic E-state index is 13.3. The van der Waals surface area contributed by atoms with Crippen LogP contribution in [0.2, 0.25) is 0 Å². The van der Waals surface area contributed by atoms with Gasteiger partial charge >= 0.3 is 0 Å². The highest BCUT2D eigenvalue weighted by Gasteiger charge is 2.13. The number of amides is 1. The number of aryl methyl sites for hydroxylation is 1. The maximum absolute atomic E-state index is 13.3. The quantitative estimate of drug-likeness (QED) is 0.852. The van der Waals surface area contributed by atoms with Crippen LogP contribution in [-0.4, -0.2) is 12.5 Å². The van der Waals surface area contributed by atoms with Crippen LogP contribution in [0.15, 0.2) is 42.5 Å². The van der Waals surface area contributed by atoms with E-state index in [0.717, 1.165) is 11.1 Å². The van der Waals surface area contributed by atoms with Crippen molar-refractivity contribution in [1.82, 2.24) is 5.32 Å². The third kappa shape index (κ3) is 5.05. The number of hydrogen-bond donors (Lipinski definition) is 2. The van der Waals surface area contributed by atoms with Gasteiger partial charge in [-0.2, -0.15) is 0 Å². The summed E-state index contributed by atoms with van der Waals surface area (Å²) in [5, 5.41) is 2.77. The van der Waals surface area contributed by atoms with Gasteiger partial charge in [0.15, 0.2) is 0 Å². The Hall–Kier alpha value is -1.91. The molecule has 0 saturated carbocycles. The standard InChI is InChI=1S/C19H23FN2O.ClH/c1-12(2)14-5-7-15(8-6-14)18(21)11-22-19(23)17-10-16(20)9-4-13(17)3;/h4-10,12,18H,11,21H2,1-3H3,(H,22,23);1H. The van der Waals surface area contributed by atoms with Crippen LogP contribution in [0.5, 0.6) is 0 Å². The molecule has 1 unspecified atom stereocenters. The smallest absolute Gasteiger partial charge is 0.251 e. The predicted molar refractivity (Wildman–Crippen MR) is 98.2 cm³/mol. The minimum Gasteiger partial charge on any atom is -0.350 e. The van der Waals surface area contributed by atoms with E-state index in [2.05, 4.69) is 31.3 Å². The van der Waals surface area contributed by atoms with Crippen LogP contribution < -0.4 is 11.1 Å². The van der Waals surface area contributed by atoms with Crippen LogP contribution in [0, 0.1) is 12.7 Å². The number of nitrogens with one attached hydrogen (secondary N) is 1. The second-order valence-corrected chi connectivity index (χ2v) is 6.10. The number of nitrogens with two attached hydrogens (primary N) is 1. The van der Waals surface area contributed by atoms with Gasteiger partial charge in [-0.25, -0.2) is 4.39 Å². The summed E-state index contributed by atoms with van der Waals surface area (Å²) in [6, 6.07) is 12.0. The van der Waals surface area contributed by atoms with Crippen LogP contribution in [0.25, 0.3) is 0 Å². The minimum atomic E-state index is -0.422. The van der Waals surface area contributed by atoms with Crippen molar-refractivity contribution in [2.75, 3.05) is 6.54 Å². The third-order valence-electron chi connectivity index (χ3n) is 3.96. The summed E-state index contributed by atoms with van der Waals surface area (Å²) < 4.78 is 13.3.